The van der Waals surface area contributed by atoms with E-state index in [4.69, 9.17) is 33.1 Å². The minimum absolute atomic E-state index is 0.0335. The fourth-order valence-electron chi connectivity index (χ4n) is 2.97. The van der Waals surface area contributed by atoms with Crippen molar-refractivity contribution in [2.24, 2.45) is 27.9 Å². The predicted molar refractivity (Wildman–Crippen MR) is 128 cm³/mol. The third kappa shape index (κ3) is 14.0. The number of carbonyl (C=O) groups is 5. The van der Waals surface area contributed by atoms with Crippen LogP contribution in [-0.2, 0) is 24.0 Å². The molecule has 0 saturated heterocycles. The van der Waals surface area contributed by atoms with Gasteiger partial charge in [-0.25, -0.2) is 4.79 Å². The van der Waals surface area contributed by atoms with Crippen molar-refractivity contribution in [2.75, 3.05) is 19.7 Å². The molecule has 0 aromatic carbocycles. The molecule has 16 nitrogen and oxygen atoms in total. The zero-order valence-electron chi connectivity index (χ0n) is 20.0. The summed E-state index contributed by atoms with van der Waals surface area (Å²) in [4.78, 5) is 64.1. The standard InChI is InChI=1S/C20H38N8O8/c21-8-2-1-4-12(26-16(32)11(22)10-29)17(33)27-13(6-7-15(30)31)18(34)28-14(19(35)36)5-3-9-25-20(23)24/h11-14,29H,1-10,21-22H2,(H,26,32)(H,27,33)(H,28,34)(H,30,31)(H,35,36)(H4,23,24,25). The number of rotatable bonds is 19. The summed E-state index contributed by atoms with van der Waals surface area (Å²) >= 11 is 0. The molecule has 0 heterocycles. The minimum Gasteiger partial charge on any atom is -0.481 e. The largest absolute Gasteiger partial charge is 0.481 e. The van der Waals surface area contributed by atoms with Crippen LogP contribution in [0, 0.1) is 0 Å². The van der Waals surface area contributed by atoms with Crippen LogP contribution in [-0.4, -0.2) is 94.8 Å². The number of guanidine groups is 1. The summed E-state index contributed by atoms with van der Waals surface area (Å²) in [6, 6.07) is -5.19. The molecule has 3 amide bonds. The maximum Gasteiger partial charge on any atom is 0.326 e. The van der Waals surface area contributed by atoms with Gasteiger partial charge >= 0.3 is 11.9 Å². The number of aliphatic hydroxyl groups is 1. The van der Waals surface area contributed by atoms with Crippen molar-refractivity contribution in [3.8, 4) is 0 Å². The van der Waals surface area contributed by atoms with E-state index in [9.17, 15) is 29.1 Å². The Morgan fingerprint density at radius 2 is 1.31 bits per heavy atom. The van der Waals surface area contributed by atoms with Gasteiger partial charge in [0.1, 0.15) is 24.2 Å². The van der Waals surface area contributed by atoms with Crippen LogP contribution in [0.3, 0.4) is 0 Å². The van der Waals surface area contributed by atoms with Gasteiger partial charge in [0.15, 0.2) is 5.96 Å². The van der Waals surface area contributed by atoms with Crippen molar-refractivity contribution in [2.45, 2.75) is 69.1 Å². The number of amides is 3. The molecule has 0 aliphatic heterocycles. The summed E-state index contributed by atoms with van der Waals surface area (Å²) in [6.07, 6.45) is 0.451. The zero-order valence-corrected chi connectivity index (χ0v) is 20.0. The lowest BCUT2D eigenvalue weighted by molar-refractivity contribution is -0.143. The summed E-state index contributed by atoms with van der Waals surface area (Å²) in [5.41, 5.74) is 21.4. The quantitative estimate of drug-likeness (QED) is 0.0443. The first-order valence-electron chi connectivity index (χ1n) is 11.4. The smallest absolute Gasteiger partial charge is 0.326 e. The molecule has 0 rings (SSSR count). The molecule has 36 heavy (non-hydrogen) atoms. The third-order valence-electron chi connectivity index (χ3n) is 4.95. The number of carbonyl (C=O) groups excluding carboxylic acids is 3. The Morgan fingerprint density at radius 1 is 0.778 bits per heavy atom. The number of carboxylic acid groups (broad SMARTS) is 2. The van der Waals surface area contributed by atoms with Gasteiger partial charge in [-0.3, -0.25) is 24.2 Å². The van der Waals surface area contributed by atoms with Gasteiger partial charge in [-0.05, 0) is 45.1 Å². The molecule has 0 aromatic heterocycles. The average Bonchev–Trinajstić information content (AvgIpc) is 2.81. The topological polar surface area (TPSA) is 299 Å². The number of nitrogens with one attached hydrogen (secondary N) is 3. The van der Waals surface area contributed by atoms with Crippen LogP contribution in [0.25, 0.3) is 0 Å². The van der Waals surface area contributed by atoms with E-state index in [2.05, 4.69) is 20.9 Å². The van der Waals surface area contributed by atoms with E-state index in [1.807, 2.05) is 0 Å². The molecule has 0 radical (unpaired) electrons. The van der Waals surface area contributed by atoms with Crippen molar-refractivity contribution < 1.29 is 39.3 Å². The van der Waals surface area contributed by atoms with Crippen LogP contribution in [0.1, 0.15) is 44.9 Å². The van der Waals surface area contributed by atoms with Gasteiger partial charge in [0.2, 0.25) is 17.7 Å². The van der Waals surface area contributed by atoms with Crippen molar-refractivity contribution in [3.63, 3.8) is 0 Å². The second-order valence-corrected chi connectivity index (χ2v) is 7.98. The number of carboxylic acids is 2. The number of aliphatic hydroxyl groups excluding tert-OH is 1. The van der Waals surface area contributed by atoms with Gasteiger partial charge < -0.3 is 54.2 Å². The van der Waals surface area contributed by atoms with E-state index < -0.39 is 66.9 Å². The molecule has 0 aromatic rings. The van der Waals surface area contributed by atoms with Gasteiger partial charge in [0, 0.05) is 13.0 Å². The monoisotopic (exact) mass is 518 g/mol. The van der Waals surface area contributed by atoms with E-state index in [1.54, 1.807) is 0 Å². The molecule has 14 N–H and O–H groups in total. The van der Waals surface area contributed by atoms with Crippen LogP contribution in [0.5, 0.6) is 0 Å². The molecule has 0 aliphatic carbocycles. The second kappa shape index (κ2) is 17.9. The van der Waals surface area contributed by atoms with E-state index in [-0.39, 0.29) is 38.2 Å². The number of hydrogen-bond acceptors (Lipinski definition) is 9. The fraction of sp³-hybridized carbons (Fsp3) is 0.700. The van der Waals surface area contributed by atoms with Crippen molar-refractivity contribution in [3.05, 3.63) is 0 Å². The van der Waals surface area contributed by atoms with Gasteiger partial charge in [-0.2, -0.15) is 0 Å². The number of nitrogens with two attached hydrogens (primary N) is 4. The van der Waals surface area contributed by atoms with Crippen LogP contribution >= 0.6 is 0 Å². The molecule has 0 saturated carbocycles. The number of aliphatic carboxylic acids is 2. The molecular formula is C20H38N8O8. The highest BCUT2D eigenvalue weighted by Crippen LogP contribution is 2.06. The second-order valence-electron chi connectivity index (χ2n) is 7.98. The molecule has 0 fully saturated rings. The van der Waals surface area contributed by atoms with Crippen LogP contribution in [0.2, 0.25) is 0 Å². The molecule has 0 bridgehead atoms. The number of nitrogens with zero attached hydrogens (tertiary/aromatic N) is 1. The van der Waals surface area contributed by atoms with Gasteiger partial charge in [-0.1, -0.05) is 0 Å². The first-order valence-corrected chi connectivity index (χ1v) is 11.4. The molecule has 16 heteroatoms. The van der Waals surface area contributed by atoms with E-state index in [1.165, 1.54) is 0 Å². The fourth-order valence-corrected chi connectivity index (χ4v) is 2.97. The Kier molecular flexibility index (Phi) is 16.1. The van der Waals surface area contributed by atoms with Crippen molar-refractivity contribution in [1.82, 2.24) is 16.0 Å². The Morgan fingerprint density at radius 3 is 1.81 bits per heavy atom. The molecular weight excluding hydrogens is 480 g/mol. The maximum absolute atomic E-state index is 12.9. The molecule has 0 aliphatic rings. The molecule has 0 spiro atoms. The zero-order chi connectivity index (χ0) is 27.7. The normalized spacial score (nSPS) is 14.0. The van der Waals surface area contributed by atoms with Crippen molar-refractivity contribution >= 4 is 35.6 Å². The number of hydrogen-bond donors (Lipinski definition) is 10. The van der Waals surface area contributed by atoms with Gasteiger partial charge in [-0.15, -0.1) is 0 Å². The summed E-state index contributed by atoms with van der Waals surface area (Å²) < 4.78 is 0. The van der Waals surface area contributed by atoms with Crippen molar-refractivity contribution in [1.29, 1.82) is 0 Å². The molecule has 4 unspecified atom stereocenters. The first-order chi connectivity index (χ1) is 16.9. The lowest BCUT2D eigenvalue weighted by Crippen LogP contribution is -2.57. The Labute approximate surface area is 208 Å². The lowest BCUT2D eigenvalue weighted by Gasteiger charge is -2.25. The molecule has 4 atom stereocenters. The summed E-state index contributed by atoms with van der Waals surface area (Å²) in [6.45, 7) is -0.199. The number of unbranched alkanes of at least 4 members (excludes halogenated alkanes) is 1. The predicted octanol–water partition coefficient (Wildman–Crippen LogP) is -4.11. The SMILES string of the molecule is NCCCCC(NC(=O)C(N)CO)C(=O)NC(CCC(=O)O)C(=O)NC(CCCN=C(N)N)C(=O)O. The lowest BCUT2D eigenvalue weighted by atomic mass is 10.0. The number of aliphatic imine (C=N–C) groups is 1. The molecule has 206 valence electrons. The Balaban J connectivity index is 5.50. The first kappa shape index (κ1) is 32.5. The minimum atomic E-state index is -1.41. The van der Waals surface area contributed by atoms with Gasteiger partial charge in [0.05, 0.1) is 6.61 Å². The summed E-state index contributed by atoms with van der Waals surface area (Å²) in [5.74, 6) is -5.29. The van der Waals surface area contributed by atoms with E-state index in [0.717, 1.165) is 0 Å². The van der Waals surface area contributed by atoms with E-state index in [0.29, 0.717) is 19.4 Å². The highest BCUT2D eigenvalue weighted by atomic mass is 16.4. The Bertz CT molecular complexity index is 775. The van der Waals surface area contributed by atoms with Crippen LogP contribution < -0.4 is 38.9 Å². The highest BCUT2D eigenvalue weighted by molar-refractivity contribution is 5.94. The third-order valence-corrected chi connectivity index (χ3v) is 4.95. The summed E-state index contributed by atoms with van der Waals surface area (Å²) in [5, 5.41) is 34.5. The van der Waals surface area contributed by atoms with Crippen LogP contribution in [0.4, 0.5) is 0 Å². The average molecular weight is 519 g/mol. The van der Waals surface area contributed by atoms with Gasteiger partial charge in [0.25, 0.3) is 0 Å². The van der Waals surface area contributed by atoms with E-state index >= 15 is 0 Å². The Hall–Kier alpha value is -3.50. The maximum atomic E-state index is 12.9. The van der Waals surface area contributed by atoms with Crippen LogP contribution in [0.15, 0.2) is 4.99 Å². The summed E-state index contributed by atoms with van der Waals surface area (Å²) in [7, 11) is 0. The highest BCUT2D eigenvalue weighted by Gasteiger charge is 2.30.